The lowest BCUT2D eigenvalue weighted by atomic mass is 10.0. The van der Waals surface area contributed by atoms with Crippen molar-refractivity contribution in [3.8, 4) is 0 Å². The molecule has 0 aliphatic rings. The average Bonchev–Trinajstić information content (AvgIpc) is 2.46. The van der Waals surface area contributed by atoms with Gasteiger partial charge >= 0.3 is 0 Å². The van der Waals surface area contributed by atoms with E-state index in [1.165, 1.54) is 96.3 Å². The van der Waals surface area contributed by atoms with Gasteiger partial charge in [-0.1, -0.05) is 103 Å². The molecule has 0 aromatic rings. The van der Waals surface area contributed by atoms with Gasteiger partial charge < -0.3 is 10.3 Å². The molecular weight excluding hydrogens is 258 g/mol. The van der Waals surface area contributed by atoms with Crippen LogP contribution in [-0.2, 0) is 0 Å². The van der Waals surface area contributed by atoms with Gasteiger partial charge in [0.05, 0.1) is 0 Å². The van der Waals surface area contributed by atoms with Gasteiger partial charge in [0.2, 0.25) is 0 Å². The van der Waals surface area contributed by atoms with Crippen molar-refractivity contribution in [3.63, 3.8) is 0 Å². The lowest BCUT2D eigenvalue weighted by Gasteiger charge is -2.21. The van der Waals surface area contributed by atoms with Crippen molar-refractivity contribution < 1.29 is 0 Å². The third kappa shape index (κ3) is 19.9. The second-order valence-corrected chi connectivity index (χ2v) is 6.65. The highest BCUT2D eigenvalue weighted by Crippen LogP contribution is 2.13. The van der Waals surface area contributed by atoms with Crippen molar-refractivity contribution in [2.24, 2.45) is 0 Å². The molecule has 0 aliphatic heterocycles. The van der Waals surface area contributed by atoms with E-state index in [0.29, 0.717) is 6.54 Å². The number of rotatable bonds is 17. The molecule has 21 heavy (non-hydrogen) atoms. The Balaban J connectivity index is 2.93. The van der Waals surface area contributed by atoms with Crippen molar-refractivity contribution in [2.75, 3.05) is 13.6 Å². The molecule has 0 radical (unpaired) electrons. The van der Waals surface area contributed by atoms with Gasteiger partial charge in [0.1, 0.15) is 0 Å². The number of hydroxylamine groups is 2. The van der Waals surface area contributed by atoms with Crippen LogP contribution in [0.4, 0.5) is 0 Å². The SMILES string of the molecule is CCCCCCCCCCCCCCCCCCN(C)[O-]. The molecule has 128 valence electrons. The molecule has 0 amide bonds. The minimum absolute atomic E-state index is 0.707. The van der Waals surface area contributed by atoms with E-state index in [1.807, 2.05) is 0 Å². The van der Waals surface area contributed by atoms with E-state index >= 15 is 0 Å². The highest BCUT2D eigenvalue weighted by molar-refractivity contribution is 4.52. The van der Waals surface area contributed by atoms with Crippen LogP contribution in [0.5, 0.6) is 0 Å². The molecule has 0 atom stereocenters. The smallest absolute Gasteiger partial charge is 0.0147 e. The number of hydrogen-bond donors (Lipinski definition) is 0. The molecule has 0 unspecified atom stereocenters. The molecule has 0 heterocycles. The molecule has 0 aromatic carbocycles. The van der Waals surface area contributed by atoms with E-state index in [9.17, 15) is 5.21 Å². The molecule has 0 saturated heterocycles. The van der Waals surface area contributed by atoms with Gasteiger partial charge in [0.15, 0.2) is 0 Å². The minimum Gasteiger partial charge on any atom is -0.785 e. The molecule has 0 N–H and O–H groups in total. The third-order valence-electron chi connectivity index (χ3n) is 4.33. The van der Waals surface area contributed by atoms with Crippen LogP contribution in [0.3, 0.4) is 0 Å². The third-order valence-corrected chi connectivity index (χ3v) is 4.33. The van der Waals surface area contributed by atoms with Crippen LogP contribution >= 0.6 is 0 Å². The van der Waals surface area contributed by atoms with Crippen LogP contribution in [0.2, 0.25) is 0 Å². The van der Waals surface area contributed by atoms with Crippen molar-refractivity contribution >= 4 is 0 Å². The van der Waals surface area contributed by atoms with Gasteiger partial charge in [-0.15, -0.1) is 0 Å². The second-order valence-electron chi connectivity index (χ2n) is 6.65. The monoisotopic (exact) mass is 298 g/mol. The fourth-order valence-electron chi connectivity index (χ4n) is 2.88. The summed E-state index contributed by atoms with van der Waals surface area (Å²) in [5.41, 5.74) is 0. The van der Waals surface area contributed by atoms with E-state index in [1.54, 1.807) is 7.05 Å². The molecular formula is C19H40NO-. The highest BCUT2D eigenvalue weighted by atomic mass is 16.5. The first-order chi connectivity index (χ1) is 10.3. The molecule has 0 fully saturated rings. The Labute approximate surface area is 134 Å². The van der Waals surface area contributed by atoms with E-state index in [0.717, 1.165) is 11.5 Å². The Bertz CT molecular complexity index is 182. The van der Waals surface area contributed by atoms with Crippen LogP contribution in [0, 0.1) is 5.21 Å². The zero-order valence-electron chi connectivity index (χ0n) is 14.9. The first-order valence-corrected chi connectivity index (χ1v) is 9.65. The second kappa shape index (κ2) is 18.0. The van der Waals surface area contributed by atoms with Crippen LogP contribution in [0.15, 0.2) is 0 Å². The van der Waals surface area contributed by atoms with Gasteiger partial charge in [-0.25, -0.2) is 0 Å². The summed E-state index contributed by atoms with van der Waals surface area (Å²) in [4.78, 5) is 0. The summed E-state index contributed by atoms with van der Waals surface area (Å²) in [5.74, 6) is 0. The maximum Gasteiger partial charge on any atom is -0.0147 e. The summed E-state index contributed by atoms with van der Waals surface area (Å²) >= 11 is 0. The number of hydrogen-bond acceptors (Lipinski definition) is 2. The van der Waals surface area contributed by atoms with Gasteiger partial charge in [-0.3, -0.25) is 0 Å². The van der Waals surface area contributed by atoms with E-state index < -0.39 is 0 Å². The molecule has 2 heteroatoms. The Morgan fingerprint density at radius 3 is 1.10 bits per heavy atom. The molecule has 0 saturated carbocycles. The summed E-state index contributed by atoms with van der Waals surface area (Å²) in [7, 11) is 1.62. The van der Waals surface area contributed by atoms with Gasteiger partial charge in [0.25, 0.3) is 0 Å². The number of nitrogens with zero attached hydrogens (tertiary/aromatic N) is 1. The summed E-state index contributed by atoms with van der Waals surface area (Å²) in [6.07, 6.45) is 22.1. The van der Waals surface area contributed by atoms with Crippen LogP contribution in [0.25, 0.3) is 0 Å². The molecule has 0 aliphatic carbocycles. The standard InChI is InChI=1S/C19H40NO/c1-3-4-5-6-7-8-9-10-11-12-13-14-15-16-17-18-19-20(2)21/h3-19H2,1-2H3/q-1. The van der Waals surface area contributed by atoms with Crippen LogP contribution in [-0.4, -0.2) is 18.7 Å². The molecule has 0 aromatic heterocycles. The van der Waals surface area contributed by atoms with Crippen molar-refractivity contribution in [3.05, 3.63) is 5.21 Å². The van der Waals surface area contributed by atoms with Gasteiger partial charge in [-0.05, 0) is 20.0 Å². The maximum atomic E-state index is 10.7. The fraction of sp³-hybridized carbons (Fsp3) is 1.00. The quantitative estimate of drug-likeness (QED) is 0.221. The van der Waals surface area contributed by atoms with Crippen LogP contribution in [0.1, 0.15) is 110 Å². The lowest BCUT2D eigenvalue weighted by molar-refractivity contribution is 0.429. The molecule has 2 nitrogen and oxygen atoms in total. The largest absolute Gasteiger partial charge is 0.785 e. The lowest BCUT2D eigenvalue weighted by Crippen LogP contribution is -2.10. The zero-order chi connectivity index (χ0) is 15.6. The highest BCUT2D eigenvalue weighted by Gasteiger charge is 1.94. The first kappa shape index (κ1) is 20.9. The van der Waals surface area contributed by atoms with Crippen molar-refractivity contribution in [2.45, 2.75) is 110 Å². The Hall–Kier alpha value is -0.0800. The molecule has 0 rings (SSSR count). The maximum absolute atomic E-state index is 10.7. The van der Waals surface area contributed by atoms with Gasteiger partial charge in [0, 0.05) is 0 Å². The van der Waals surface area contributed by atoms with Crippen LogP contribution < -0.4 is 0 Å². The van der Waals surface area contributed by atoms with E-state index in [-0.39, 0.29) is 0 Å². The van der Waals surface area contributed by atoms with E-state index in [2.05, 4.69) is 6.92 Å². The van der Waals surface area contributed by atoms with Gasteiger partial charge in [-0.2, -0.15) is 0 Å². The van der Waals surface area contributed by atoms with Crippen molar-refractivity contribution in [1.82, 2.24) is 5.06 Å². The summed E-state index contributed by atoms with van der Waals surface area (Å²) in [5, 5.41) is 11.8. The zero-order valence-corrected chi connectivity index (χ0v) is 14.9. The topological polar surface area (TPSA) is 26.3 Å². The Kier molecular flexibility index (Phi) is 17.9. The predicted molar refractivity (Wildman–Crippen MR) is 95.5 cm³/mol. The normalized spacial score (nSPS) is 11.4. The average molecular weight is 299 g/mol. The summed E-state index contributed by atoms with van der Waals surface area (Å²) in [6, 6.07) is 0. The Morgan fingerprint density at radius 2 is 0.810 bits per heavy atom. The van der Waals surface area contributed by atoms with Crippen molar-refractivity contribution in [1.29, 1.82) is 0 Å². The Morgan fingerprint density at radius 1 is 0.524 bits per heavy atom. The summed E-state index contributed by atoms with van der Waals surface area (Å²) < 4.78 is 0. The summed E-state index contributed by atoms with van der Waals surface area (Å²) in [6.45, 7) is 2.99. The first-order valence-electron chi connectivity index (χ1n) is 9.65. The fourth-order valence-corrected chi connectivity index (χ4v) is 2.88. The molecule has 0 bridgehead atoms. The van der Waals surface area contributed by atoms with E-state index in [4.69, 9.17) is 0 Å². The molecule has 0 spiro atoms. The minimum atomic E-state index is 0.707. The number of unbranched alkanes of at least 4 members (excludes halogenated alkanes) is 15. The predicted octanol–water partition coefficient (Wildman–Crippen LogP) is 6.68.